The van der Waals surface area contributed by atoms with Gasteiger partial charge in [-0.1, -0.05) is 0 Å². The van der Waals surface area contributed by atoms with Gasteiger partial charge >= 0.3 is 45.5 Å². The van der Waals surface area contributed by atoms with E-state index in [0.29, 0.717) is 12.5 Å². The van der Waals surface area contributed by atoms with Crippen molar-refractivity contribution >= 4 is 11.6 Å². The summed E-state index contributed by atoms with van der Waals surface area (Å²) in [5.74, 6) is 0.578. The Labute approximate surface area is 46.0 Å². The Morgan fingerprint density at radius 1 is 1.80 bits per heavy atom. The van der Waals surface area contributed by atoms with E-state index < -0.39 is 0 Å². The SMILES string of the molecule is ClCC[O][V]. The van der Waals surface area contributed by atoms with Crippen molar-refractivity contribution in [3.05, 3.63) is 0 Å². The van der Waals surface area contributed by atoms with E-state index >= 15 is 0 Å². The summed E-state index contributed by atoms with van der Waals surface area (Å²) in [6.07, 6.45) is 0. The molecule has 0 rings (SSSR count). The van der Waals surface area contributed by atoms with Crippen molar-refractivity contribution in [2.24, 2.45) is 0 Å². The maximum absolute atomic E-state index is 5.17. The molecule has 0 N–H and O–H groups in total. The molecule has 1 nitrogen and oxygen atoms in total. The van der Waals surface area contributed by atoms with Gasteiger partial charge in [0.2, 0.25) is 0 Å². The fraction of sp³-hybridized carbons (Fsp3) is 1.00. The molecule has 0 aliphatic rings. The van der Waals surface area contributed by atoms with Crippen molar-refractivity contribution in [1.29, 1.82) is 0 Å². The quantitative estimate of drug-likeness (QED) is 0.500. The van der Waals surface area contributed by atoms with Crippen LogP contribution in [0.2, 0.25) is 0 Å². The Hall–Kier alpha value is 0.834. The molecule has 0 unspecified atom stereocenters. The van der Waals surface area contributed by atoms with E-state index in [0.717, 1.165) is 0 Å². The van der Waals surface area contributed by atoms with Crippen LogP contribution in [0, 0.1) is 0 Å². The van der Waals surface area contributed by atoms with Gasteiger partial charge in [-0.15, -0.1) is 0 Å². The first-order valence-electron chi connectivity index (χ1n) is 1.24. The third-order valence-electron chi connectivity index (χ3n) is 0.168. The zero-order chi connectivity index (χ0) is 4.12. The molecule has 0 fully saturated rings. The average molecular weight is 130 g/mol. The first kappa shape index (κ1) is 5.83. The minimum atomic E-state index is 0.578. The Morgan fingerprint density at radius 2 is 2.40 bits per heavy atom. The van der Waals surface area contributed by atoms with E-state index in [1.54, 1.807) is 0 Å². The molecule has 0 spiro atoms. The van der Waals surface area contributed by atoms with Gasteiger partial charge in [-0.3, -0.25) is 0 Å². The molecule has 0 saturated carbocycles. The molecule has 0 aromatic heterocycles. The van der Waals surface area contributed by atoms with Crippen LogP contribution in [-0.2, 0) is 21.4 Å². The van der Waals surface area contributed by atoms with Crippen molar-refractivity contribution in [3.8, 4) is 0 Å². The van der Waals surface area contributed by atoms with Crippen molar-refractivity contribution in [2.45, 2.75) is 0 Å². The summed E-state index contributed by atoms with van der Waals surface area (Å²) in [5.41, 5.74) is 0. The van der Waals surface area contributed by atoms with Crippen LogP contribution >= 0.6 is 11.6 Å². The molecule has 0 atom stereocenters. The number of rotatable bonds is 2. The summed E-state index contributed by atoms with van der Waals surface area (Å²) in [7, 11) is 0. The van der Waals surface area contributed by atoms with Gasteiger partial charge in [-0.25, -0.2) is 0 Å². The first-order chi connectivity index (χ1) is 2.41. The molecular formula is C2H4ClOV. The molecule has 5 heavy (non-hydrogen) atoms. The van der Waals surface area contributed by atoms with Crippen molar-refractivity contribution < 1.29 is 21.4 Å². The molecule has 0 heterocycles. The molecule has 0 bridgehead atoms. The maximum atomic E-state index is 5.17. The van der Waals surface area contributed by atoms with E-state index in [-0.39, 0.29) is 0 Å². The van der Waals surface area contributed by atoms with Gasteiger partial charge in [-0.05, 0) is 0 Å². The van der Waals surface area contributed by atoms with E-state index in [9.17, 15) is 0 Å². The third kappa shape index (κ3) is 4.83. The summed E-state index contributed by atoms with van der Waals surface area (Å²) in [4.78, 5) is 0. The van der Waals surface area contributed by atoms with Crippen molar-refractivity contribution in [1.82, 2.24) is 0 Å². The fourth-order valence-electron chi connectivity index (χ4n) is 0.0345. The van der Waals surface area contributed by atoms with Crippen molar-refractivity contribution in [3.63, 3.8) is 0 Å². The van der Waals surface area contributed by atoms with Crippen LogP contribution in [0.3, 0.4) is 0 Å². The van der Waals surface area contributed by atoms with Crippen LogP contribution in [0.1, 0.15) is 0 Å². The van der Waals surface area contributed by atoms with Crippen LogP contribution in [0.25, 0.3) is 0 Å². The zero-order valence-electron chi connectivity index (χ0n) is 2.65. The van der Waals surface area contributed by atoms with E-state index in [2.05, 4.69) is 3.66 Å². The summed E-state index contributed by atoms with van der Waals surface area (Å²) in [6, 6.07) is 0. The minimum absolute atomic E-state index is 0.578. The van der Waals surface area contributed by atoms with Gasteiger partial charge in [0, 0.05) is 0 Å². The summed E-state index contributed by atoms with van der Waals surface area (Å²) in [5, 5.41) is 0. The predicted octanol–water partition coefficient (Wildman–Crippen LogP) is 0.704. The number of halogens is 1. The molecule has 0 aromatic carbocycles. The molecule has 0 amide bonds. The molecule has 0 aliphatic carbocycles. The summed E-state index contributed by atoms with van der Waals surface area (Å²) < 4.78 is 4.50. The van der Waals surface area contributed by atoms with Gasteiger partial charge in [0.15, 0.2) is 0 Å². The second-order valence-corrected chi connectivity index (χ2v) is 1.30. The van der Waals surface area contributed by atoms with Crippen LogP contribution in [0.15, 0.2) is 0 Å². The first-order valence-corrected chi connectivity index (χ1v) is 2.34. The van der Waals surface area contributed by atoms with E-state index in [1.807, 2.05) is 17.8 Å². The summed E-state index contributed by atoms with van der Waals surface area (Å²) in [6.45, 7) is 0.627. The number of hydrogen-bond acceptors (Lipinski definition) is 1. The Balaban J connectivity index is 2.19. The average Bonchev–Trinajstić information content (AvgIpc) is 1.41. The fourth-order valence-corrected chi connectivity index (χ4v) is 0.427. The molecule has 0 radical (unpaired) electrons. The van der Waals surface area contributed by atoms with Crippen LogP contribution < -0.4 is 0 Å². The zero-order valence-corrected chi connectivity index (χ0v) is 4.80. The Morgan fingerprint density at radius 3 is 2.40 bits per heavy atom. The van der Waals surface area contributed by atoms with Gasteiger partial charge < -0.3 is 0 Å². The number of hydrogen-bond donors (Lipinski definition) is 0. The molecule has 0 aliphatic heterocycles. The van der Waals surface area contributed by atoms with Crippen LogP contribution in [-0.4, -0.2) is 12.5 Å². The normalized spacial score (nSPS) is 8.20. The van der Waals surface area contributed by atoms with Gasteiger partial charge in [0.05, 0.1) is 0 Å². The molecular weight excluding hydrogens is 126 g/mol. The second-order valence-electron chi connectivity index (χ2n) is 0.522. The van der Waals surface area contributed by atoms with Gasteiger partial charge in [0.25, 0.3) is 0 Å². The van der Waals surface area contributed by atoms with Crippen molar-refractivity contribution in [2.75, 3.05) is 12.5 Å². The number of alkyl halides is 1. The molecule has 0 saturated heterocycles. The standard InChI is InChI=1S/C2H4ClO.V/c3-1-2-4;/h1-2H2;/q-1;+1. The summed E-state index contributed by atoms with van der Waals surface area (Å²) >= 11 is 7.16. The van der Waals surface area contributed by atoms with Crippen LogP contribution in [0.4, 0.5) is 0 Å². The van der Waals surface area contributed by atoms with E-state index in [4.69, 9.17) is 11.6 Å². The molecule has 30 valence electrons. The third-order valence-corrected chi connectivity index (χ3v) is 0.608. The monoisotopic (exact) mass is 130 g/mol. The molecule has 3 heteroatoms. The molecule has 0 aromatic rings. The van der Waals surface area contributed by atoms with Crippen LogP contribution in [0.5, 0.6) is 0 Å². The Bertz CT molecular complexity index is 17.1. The predicted molar refractivity (Wildman–Crippen MR) is 16.7 cm³/mol. The second kappa shape index (κ2) is 4.83. The van der Waals surface area contributed by atoms with Gasteiger partial charge in [0.1, 0.15) is 0 Å². The van der Waals surface area contributed by atoms with E-state index in [1.165, 1.54) is 0 Å². The van der Waals surface area contributed by atoms with Gasteiger partial charge in [-0.2, -0.15) is 0 Å². The Kier molecular flexibility index (Phi) is 5.64. The topological polar surface area (TPSA) is 9.23 Å².